The summed E-state index contributed by atoms with van der Waals surface area (Å²) in [6.45, 7) is 5.73. The average molecular weight is 508 g/mol. The summed E-state index contributed by atoms with van der Waals surface area (Å²) in [5.41, 5.74) is 0.772. The SMILES string of the molecule is C=S(C)(=O)c1ccc(-n2ncc3c(N(CC)CC4CCN(c5ccccn5)CC4)ncnc32)c(F)c1. The Bertz CT molecular complexity index is 1460. The molecule has 36 heavy (non-hydrogen) atoms. The molecule has 0 bridgehead atoms. The highest BCUT2D eigenvalue weighted by molar-refractivity contribution is 7.99. The van der Waals surface area contributed by atoms with Crippen molar-refractivity contribution >= 4 is 38.1 Å². The first-order chi connectivity index (χ1) is 17.3. The lowest BCUT2D eigenvalue weighted by Crippen LogP contribution is -2.39. The van der Waals surface area contributed by atoms with E-state index in [2.05, 4.69) is 48.7 Å². The zero-order valence-electron chi connectivity index (χ0n) is 20.5. The third kappa shape index (κ3) is 4.77. The highest BCUT2D eigenvalue weighted by Crippen LogP contribution is 2.29. The normalized spacial score (nSPS) is 16.2. The van der Waals surface area contributed by atoms with Crippen LogP contribution in [0.15, 0.2) is 60.0 Å². The number of rotatable bonds is 7. The second-order valence-corrected chi connectivity index (χ2v) is 11.7. The number of pyridine rings is 1. The molecule has 188 valence electrons. The standard InChI is InChI=1S/C26H30FN7OS/c1-4-32(17-19-10-13-33(14-11-19)24-7-5-6-12-28-24)25-21-16-31-34(26(21)30-18-29-25)23-9-8-20(15-22(23)27)36(2,3)35/h5-9,12,15-16,18-19H,2,4,10-11,13-14,17H2,1,3H3. The number of fused-ring (bicyclic) bond motifs is 1. The van der Waals surface area contributed by atoms with Gasteiger partial charge in [-0.25, -0.2) is 24.0 Å². The van der Waals surface area contributed by atoms with Crippen molar-refractivity contribution in [1.82, 2.24) is 24.7 Å². The Morgan fingerprint density at radius 2 is 1.97 bits per heavy atom. The molecule has 1 saturated heterocycles. The van der Waals surface area contributed by atoms with Crippen LogP contribution in [0.25, 0.3) is 16.7 Å². The molecule has 1 atom stereocenters. The molecule has 10 heteroatoms. The van der Waals surface area contributed by atoms with Crippen molar-refractivity contribution in [2.75, 3.05) is 42.2 Å². The van der Waals surface area contributed by atoms with E-state index in [1.807, 2.05) is 18.3 Å². The van der Waals surface area contributed by atoms with Crippen LogP contribution < -0.4 is 9.80 Å². The summed E-state index contributed by atoms with van der Waals surface area (Å²) < 4.78 is 28.7. The van der Waals surface area contributed by atoms with E-state index in [1.54, 1.807) is 18.3 Å². The van der Waals surface area contributed by atoms with Crippen molar-refractivity contribution in [3.05, 3.63) is 60.9 Å². The van der Waals surface area contributed by atoms with Gasteiger partial charge in [-0.05, 0) is 71.4 Å². The van der Waals surface area contributed by atoms with Crippen LogP contribution in [0.1, 0.15) is 19.8 Å². The molecule has 1 unspecified atom stereocenters. The molecule has 1 aliphatic rings. The maximum atomic E-state index is 15.0. The summed E-state index contributed by atoms with van der Waals surface area (Å²) >= 11 is 0. The summed E-state index contributed by atoms with van der Waals surface area (Å²) in [6, 6.07) is 10.5. The second kappa shape index (κ2) is 9.85. The Morgan fingerprint density at radius 3 is 2.64 bits per heavy atom. The maximum Gasteiger partial charge on any atom is 0.168 e. The number of nitrogens with zero attached hydrogens (tertiary/aromatic N) is 7. The number of anilines is 2. The molecule has 0 spiro atoms. The lowest BCUT2D eigenvalue weighted by Gasteiger charge is -2.35. The van der Waals surface area contributed by atoms with Crippen LogP contribution in [0, 0.1) is 11.7 Å². The summed E-state index contributed by atoms with van der Waals surface area (Å²) in [7, 11) is -2.52. The van der Waals surface area contributed by atoms with Crippen molar-refractivity contribution in [3.63, 3.8) is 0 Å². The zero-order valence-corrected chi connectivity index (χ0v) is 21.4. The molecule has 8 nitrogen and oxygen atoms in total. The highest BCUT2D eigenvalue weighted by atomic mass is 32.2. The van der Waals surface area contributed by atoms with Gasteiger partial charge in [0.15, 0.2) is 5.65 Å². The number of benzene rings is 1. The lowest BCUT2D eigenvalue weighted by molar-refractivity contribution is 0.403. The van der Waals surface area contributed by atoms with Gasteiger partial charge in [0.25, 0.3) is 0 Å². The lowest BCUT2D eigenvalue weighted by atomic mass is 9.96. The van der Waals surface area contributed by atoms with Gasteiger partial charge < -0.3 is 9.80 Å². The minimum absolute atomic E-state index is 0.243. The molecule has 0 saturated carbocycles. The Balaban J connectivity index is 1.37. The van der Waals surface area contributed by atoms with Crippen molar-refractivity contribution in [3.8, 4) is 5.69 Å². The molecule has 5 rings (SSSR count). The first-order valence-corrected chi connectivity index (χ1v) is 14.2. The molecule has 1 aromatic carbocycles. The molecule has 0 aliphatic carbocycles. The van der Waals surface area contributed by atoms with Crippen molar-refractivity contribution < 1.29 is 8.60 Å². The average Bonchev–Trinajstić information content (AvgIpc) is 3.32. The Hall–Kier alpha value is -3.53. The minimum atomic E-state index is -2.52. The predicted molar refractivity (Wildman–Crippen MR) is 143 cm³/mol. The number of hydrogen-bond acceptors (Lipinski definition) is 7. The van der Waals surface area contributed by atoms with E-state index >= 15 is 0 Å². The molecule has 1 fully saturated rings. The van der Waals surface area contributed by atoms with E-state index in [0.29, 0.717) is 16.5 Å². The predicted octanol–water partition coefficient (Wildman–Crippen LogP) is 3.80. The highest BCUT2D eigenvalue weighted by Gasteiger charge is 2.24. The van der Waals surface area contributed by atoms with Crippen LogP contribution in [0.3, 0.4) is 0 Å². The molecule has 4 heterocycles. The van der Waals surface area contributed by atoms with Crippen LogP contribution in [-0.4, -0.2) is 67.2 Å². The van der Waals surface area contributed by atoms with Crippen molar-refractivity contribution in [2.45, 2.75) is 24.7 Å². The van der Waals surface area contributed by atoms with Gasteiger partial charge in [-0.15, -0.1) is 0 Å². The third-order valence-corrected chi connectivity index (χ3v) is 7.99. The molecule has 0 amide bonds. The molecule has 1 aliphatic heterocycles. The van der Waals surface area contributed by atoms with Gasteiger partial charge in [0.05, 0.1) is 11.6 Å². The van der Waals surface area contributed by atoms with Crippen LogP contribution in [0.2, 0.25) is 0 Å². The Kier molecular flexibility index (Phi) is 6.61. The van der Waals surface area contributed by atoms with Gasteiger partial charge in [-0.1, -0.05) is 6.07 Å². The summed E-state index contributed by atoms with van der Waals surface area (Å²) in [4.78, 5) is 18.4. The van der Waals surface area contributed by atoms with Gasteiger partial charge in [0, 0.05) is 43.5 Å². The first-order valence-electron chi connectivity index (χ1n) is 12.1. The van der Waals surface area contributed by atoms with Gasteiger partial charge in [-0.2, -0.15) is 5.10 Å². The second-order valence-electron chi connectivity index (χ2n) is 9.27. The Morgan fingerprint density at radius 1 is 1.17 bits per heavy atom. The van der Waals surface area contributed by atoms with Gasteiger partial charge in [-0.3, -0.25) is 4.21 Å². The number of aromatic nitrogens is 5. The smallest absolute Gasteiger partial charge is 0.168 e. The molecule has 0 radical (unpaired) electrons. The van der Waals surface area contributed by atoms with Crippen LogP contribution in [0.4, 0.5) is 16.0 Å². The van der Waals surface area contributed by atoms with Crippen molar-refractivity contribution in [2.24, 2.45) is 5.92 Å². The van der Waals surface area contributed by atoms with E-state index in [4.69, 9.17) is 0 Å². The summed E-state index contributed by atoms with van der Waals surface area (Å²) in [5, 5.41) is 5.20. The largest absolute Gasteiger partial charge is 0.357 e. The van der Waals surface area contributed by atoms with Crippen molar-refractivity contribution in [1.29, 1.82) is 0 Å². The number of halogens is 1. The number of piperidine rings is 1. The fourth-order valence-corrected chi connectivity index (χ4v) is 5.46. The van der Waals surface area contributed by atoms with Gasteiger partial charge in [0.1, 0.15) is 29.5 Å². The minimum Gasteiger partial charge on any atom is -0.357 e. The first kappa shape index (κ1) is 24.2. The Labute approximate surface area is 210 Å². The van der Waals surface area contributed by atoms with E-state index in [9.17, 15) is 8.60 Å². The fraction of sp³-hybridized carbons (Fsp3) is 0.346. The van der Waals surface area contributed by atoms with E-state index in [0.717, 1.165) is 56.0 Å². The van der Waals surface area contributed by atoms with Crippen LogP contribution >= 0.6 is 0 Å². The topological polar surface area (TPSA) is 80.0 Å². The van der Waals surface area contributed by atoms with E-state index in [-0.39, 0.29) is 5.69 Å². The van der Waals surface area contributed by atoms with Crippen LogP contribution in [-0.2, 0) is 9.52 Å². The quantitative estimate of drug-likeness (QED) is 0.352. The monoisotopic (exact) mass is 507 g/mol. The maximum absolute atomic E-state index is 15.0. The summed E-state index contributed by atoms with van der Waals surface area (Å²) in [6.07, 6.45) is 8.67. The summed E-state index contributed by atoms with van der Waals surface area (Å²) in [5.74, 6) is 5.47. The molecular weight excluding hydrogens is 477 g/mol. The molecule has 0 N–H and O–H groups in total. The molecule has 4 aromatic rings. The van der Waals surface area contributed by atoms with E-state index in [1.165, 1.54) is 23.3 Å². The van der Waals surface area contributed by atoms with E-state index < -0.39 is 15.3 Å². The molecule has 3 aromatic heterocycles. The molecular formula is C26H30FN7OS. The fourth-order valence-electron chi connectivity index (χ4n) is 4.75. The van der Waals surface area contributed by atoms with Gasteiger partial charge in [0.2, 0.25) is 0 Å². The zero-order chi connectivity index (χ0) is 25.3. The number of hydrogen-bond donors (Lipinski definition) is 0. The third-order valence-electron chi connectivity index (χ3n) is 6.74. The van der Waals surface area contributed by atoms with Gasteiger partial charge >= 0.3 is 0 Å². The van der Waals surface area contributed by atoms with Crippen LogP contribution in [0.5, 0.6) is 0 Å².